The second kappa shape index (κ2) is 6.28. The number of hydrogen-bond donors (Lipinski definition) is 3. The fourth-order valence-corrected chi connectivity index (χ4v) is 2.95. The normalized spacial score (nSPS) is 12.2. The maximum Gasteiger partial charge on any atom is 0.143 e. The lowest BCUT2D eigenvalue weighted by molar-refractivity contribution is 0.876. The number of nitrogen functional groups attached to an aromatic ring is 1. The van der Waals surface area contributed by atoms with Gasteiger partial charge in [-0.05, 0) is 30.7 Å². The van der Waals surface area contributed by atoms with Crippen molar-refractivity contribution in [2.75, 3.05) is 11.1 Å². The molecule has 0 radical (unpaired) electrons. The molecule has 1 atom stereocenters. The number of nitrogens with one attached hydrogen (secondary N) is 2. The zero-order valence-corrected chi connectivity index (χ0v) is 13.9. The number of H-pyrrole nitrogens is 1. The summed E-state index contributed by atoms with van der Waals surface area (Å²) < 4.78 is 0. The van der Waals surface area contributed by atoms with Crippen molar-refractivity contribution in [3.8, 4) is 11.3 Å². The van der Waals surface area contributed by atoms with E-state index in [1.54, 1.807) is 6.33 Å². The van der Waals surface area contributed by atoms with Gasteiger partial charge in [-0.1, -0.05) is 42.5 Å². The van der Waals surface area contributed by atoms with Crippen LogP contribution in [-0.2, 0) is 0 Å². The smallest absolute Gasteiger partial charge is 0.143 e. The van der Waals surface area contributed by atoms with Crippen LogP contribution in [0.3, 0.4) is 0 Å². The Balaban J connectivity index is 1.70. The van der Waals surface area contributed by atoms with Gasteiger partial charge in [0.25, 0.3) is 0 Å². The first-order valence-electron chi connectivity index (χ1n) is 8.22. The Kier molecular flexibility index (Phi) is 3.82. The molecule has 0 unspecified atom stereocenters. The fourth-order valence-electron chi connectivity index (χ4n) is 2.95. The van der Waals surface area contributed by atoms with Crippen molar-refractivity contribution < 1.29 is 0 Å². The van der Waals surface area contributed by atoms with E-state index in [0.717, 1.165) is 33.8 Å². The molecule has 4 aromatic rings. The highest BCUT2D eigenvalue weighted by Crippen LogP contribution is 2.29. The summed E-state index contributed by atoms with van der Waals surface area (Å²) in [6, 6.07) is 20.3. The Morgan fingerprint density at radius 3 is 2.64 bits per heavy atom. The van der Waals surface area contributed by atoms with Crippen molar-refractivity contribution in [2.24, 2.45) is 0 Å². The van der Waals surface area contributed by atoms with Crippen LogP contribution in [-0.4, -0.2) is 15.0 Å². The molecule has 0 bridgehead atoms. The van der Waals surface area contributed by atoms with Gasteiger partial charge in [0.15, 0.2) is 0 Å². The molecule has 2 aromatic heterocycles. The SMILES string of the molecule is C[C@@H](Nc1ncnc2[nH]c(-c3cccc(N)c3)cc12)c1ccccc1. The highest BCUT2D eigenvalue weighted by molar-refractivity contribution is 5.91. The molecule has 4 N–H and O–H groups in total. The van der Waals surface area contributed by atoms with Crippen LogP contribution in [0, 0.1) is 0 Å². The van der Waals surface area contributed by atoms with E-state index in [1.807, 2.05) is 42.5 Å². The Bertz CT molecular complexity index is 1010. The van der Waals surface area contributed by atoms with Gasteiger partial charge < -0.3 is 16.0 Å². The van der Waals surface area contributed by atoms with Gasteiger partial charge >= 0.3 is 0 Å². The number of fused-ring (bicyclic) bond motifs is 1. The number of aromatic amines is 1. The summed E-state index contributed by atoms with van der Waals surface area (Å²) in [6.45, 7) is 2.12. The average Bonchev–Trinajstić information content (AvgIpc) is 3.08. The van der Waals surface area contributed by atoms with Gasteiger partial charge in [-0.2, -0.15) is 0 Å². The minimum absolute atomic E-state index is 0.144. The number of anilines is 2. The summed E-state index contributed by atoms with van der Waals surface area (Å²) in [5.41, 5.74) is 10.6. The van der Waals surface area contributed by atoms with Crippen molar-refractivity contribution in [2.45, 2.75) is 13.0 Å². The maximum atomic E-state index is 5.90. The van der Waals surface area contributed by atoms with E-state index in [1.165, 1.54) is 5.56 Å². The van der Waals surface area contributed by atoms with Gasteiger partial charge in [0.05, 0.1) is 5.39 Å². The quantitative estimate of drug-likeness (QED) is 0.485. The first kappa shape index (κ1) is 15.2. The zero-order valence-electron chi connectivity index (χ0n) is 13.9. The summed E-state index contributed by atoms with van der Waals surface area (Å²) in [7, 11) is 0. The Labute approximate surface area is 145 Å². The van der Waals surface area contributed by atoms with Crippen molar-refractivity contribution in [3.63, 3.8) is 0 Å². The van der Waals surface area contributed by atoms with E-state index in [4.69, 9.17) is 5.73 Å². The molecule has 0 spiro atoms. The number of benzene rings is 2. The van der Waals surface area contributed by atoms with Crippen molar-refractivity contribution >= 4 is 22.5 Å². The average molecular weight is 329 g/mol. The summed E-state index contributed by atoms with van der Waals surface area (Å²) in [5, 5.41) is 4.44. The molecular formula is C20H19N5. The largest absolute Gasteiger partial charge is 0.399 e. The van der Waals surface area contributed by atoms with Crippen LogP contribution < -0.4 is 11.1 Å². The maximum absolute atomic E-state index is 5.90. The highest BCUT2D eigenvalue weighted by atomic mass is 15.1. The molecule has 0 aliphatic heterocycles. The van der Waals surface area contributed by atoms with E-state index in [0.29, 0.717) is 0 Å². The van der Waals surface area contributed by atoms with E-state index < -0.39 is 0 Å². The van der Waals surface area contributed by atoms with Crippen LogP contribution in [0.2, 0.25) is 0 Å². The summed E-state index contributed by atoms with van der Waals surface area (Å²) in [4.78, 5) is 12.1. The Hall–Kier alpha value is -3.34. The lowest BCUT2D eigenvalue weighted by atomic mass is 10.1. The molecule has 4 rings (SSSR count). The standard InChI is InChI=1S/C20H19N5/c1-13(14-6-3-2-4-7-14)24-19-17-11-18(25-20(17)23-12-22-19)15-8-5-9-16(21)10-15/h2-13H,21H2,1H3,(H2,22,23,24,25)/t13-/m1/s1. The van der Waals surface area contributed by atoms with Crippen LogP contribution in [0.25, 0.3) is 22.3 Å². The molecule has 0 amide bonds. The van der Waals surface area contributed by atoms with Crippen molar-refractivity contribution in [3.05, 3.63) is 72.6 Å². The molecule has 124 valence electrons. The number of rotatable bonds is 4. The van der Waals surface area contributed by atoms with Crippen LogP contribution in [0.4, 0.5) is 11.5 Å². The van der Waals surface area contributed by atoms with Gasteiger partial charge in [-0.25, -0.2) is 9.97 Å². The minimum Gasteiger partial charge on any atom is -0.399 e. The molecule has 0 saturated heterocycles. The van der Waals surface area contributed by atoms with Gasteiger partial charge in [-0.15, -0.1) is 0 Å². The zero-order chi connectivity index (χ0) is 17.2. The van der Waals surface area contributed by atoms with Crippen LogP contribution in [0.1, 0.15) is 18.5 Å². The van der Waals surface area contributed by atoms with Crippen LogP contribution in [0.5, 0.6) is 0 Å². The summed E-state index contributed by atoms with van der Waals surface area (Å²) in [6.07, 6.45) is 1.57. The number of hydrogen-bond acceptors (Lipinski definition) is 4. The molecule has 5 nitrogen and oxygen atoms in total. The van der Waals surface area contributed by atoms with E-state index in [9.17, 15) is 0 Å². The van der Waals surface area contributed by atoms with Crippen LogP contribution in [0.15, 0.2) is 67.0 Å². The van der Waals surface area contributed by atoms with E-state index in [2.05, 4.69) is 45.4 Å². The summed E-state index contributed by atoms with van der Waals surface area (Å²) in [5.74, 6) is 0.813. The molecule has 0 saturated carbocycles. The topological polar surface area (TPSA) is 79.6 Å². The van der Waals surface area contributed by atoms with Gasteiger partial charge in [0.1, 0.15) is 17.8 Å². The number of aromatic nitrogens is 3. The third-order valence-corrected chi connectivity index (χ3v) is 4.28. The monoisotopic (exact) mass is 329 g/mol. The predicted octanol–water partition coefficient (Wildman–Crippen LogP) is 4.38. The lowest BCUT2D eigenvalue weighted by Crippen LogP contribution is -2.08. The van der Waals surface area contributed by atoms with Crippen LogP contribution >= 0.6 is 0 Å². The van der Waals surface area contributed by atoms with E-state index in [-0.39, 0.29) is 6.04 Å². The van der Waals surface area contributed by atoms with Gasteiger partial charge in [-0.3, -0.25) is 0 Å². The third-order valence-electron chi connectivity index (χ3n) is 4.28. The lowest BCUT2D eigenvalue weighted by Gasteiger charge is -2.15. The molecule has 0 aliphatic carbocycles. The van der Waals surface area contributed by atoms with Gasteiger partial charge in [0, 0.05) is 23.0 Å². The number of nitrogens with zero attached hydrogens (tertiary/aromatic N) is 2. The molecular weight excluding hydrogens is 310 g/mol. The second-order valence-corrected chi connectivity index (χ2v) is 6.07. The van der Waals surface area contributed by atoms with E-state index >= 15 is 0 Å². The Morgan fingerprint density at radius 2 is 1.84 bits per heavy atom. The molecule has 0 aliphatic rings. The minimum atomic E-state index is 0.144. The second-order valence-electron chi connectivity index (χ2n) is 6.07. The Morgan fingerprint density at radius 1 is 1.00 bits per heavy atom. The molecule has 25 heavy (non-hydrogen) atoms. The molecule has 2 aromatic carbocycles. The molecule has 0 fully saturated rings. The van der Waals surface area contributed by atoms with Crippen molar-refractivity contribution in [1.29, 1.82) is 0 Å². The highest BCUT2D eigenvalue weighted by Gasteiger charge is 2.12. The first-order valence-corrected chi connectivity index (χ1v) is 8.22. The molecule has 5 heteroatoms. The predicted molar refractivity (Wildman–Crippen MR) is 102 cm³/mol. The third kappa shape index (κ3) is 3.04. The van der Waals surface area contributed by atoms with Crippen molar-refractivity contribution in [1.82, 2.24) is 15.0 Å². The van der Waals surface area contributed by atoms with Gasteiger partial charge in [0.2, 0.25) is 0 Å². The number of nitrogens with two attached hydrogens (primary N) is 1. The summed E-state index contributed by atoms with van der Waals surface area (Å²) >= 11 is 0. The fraction of sp³-hybridized carbons (Fsp3) is 0.100. The first-order chi connectivity index (χ1) is 12.2. The molecule has 2 heterocycles.